The first-order valence-corrected chi connectivity index (χ1v) is 7.62. The molecule has 4 heteroatoms. The molecule has 1 heterocycles. The normalized spacial score (nSPS) is 11.9. The van der Waals surface area contributed by atoms with Gasteiger partial charge in [0, 0.05) is 28.2 Å². The van der Waals surface area contributed by atoms with Crippen LogP contribution in [0.2, 0.25) is 0 Å². The standard InChI is InChI=1S/C20H15N3O/c21-16-8-6-14-7-9-19-18(20(23-24)17(14)11-16)10-15(12-22-19)13-4-2-1-3-5-13/h1-12,24H,21H2. The van der Waals surface area contributed by atoms with Crippen molar-refractivity contribution in [1.29, 1.82) is 0 Å². The zero-order valence-corrected chi connectivity index (χ0v) is 12.8. The number of hydrogen-bond acceptors (Lipinski definition) is 4. The molecule has 1 aromatic heterocycles. The summed E-state index contributed by atoms with van der Waals surface area (Å²) in [7, 11) is 0. The molecule has 116 valence electrons. The third-order valence-corrected chi connectivity index (χ3v) is 4.13. The van der Waals surface area contributed by atoms with Crippen LogP contribution in [0.3, 0.4) is 0 Å². The predicted molar refractivity (Wildman–Crippen MR) is 96.4 cm³/mol. The van der Waals surface area contributed by atoms with E-state index in [2.05, 4.69) is 10.1 Å². The highest BCUT2D eigenvalue weighted by atomic mass is 16.4. The number of nitrogen functional groups attached to an aromatic ring is 1. The Bertz CT molecular complexity index is 1120. The molecular formula is C20H15N3O. The van der Waals surface area contributed by atoms with E-state index in [4.69, 9.17) is 5.73 Å². The van der Waals surface area contributed by atoms with E-state index in [1.165, 1.54) is 0 Å². The number of nitrogens with zero attached hydrogens (tertiary/aromatic N) is 2. The molecule has 3 N–H and O–H groups in total. The smallest absolute Gasteiger partial charge is 0.119 e. The van der Waals surface area contributed by atoms with Gasteiger partial charge >= 0.3 is 0 Å². The molecule has 24 heavy (non-hydrogen) atoms. The Kier molecular flexibility index (Phi) is 3.35. The van der Waals surface area contributed by atoms with Crippen LogP contribution < -0.4 is 11.1 Å². The van der Waals surface area contributed by atoms with Gasteiger partial charge in [0.2, 0.25) is 0 Å². The molecule has 4 rings (SSSR count). The molecular weight excluding hydrogens is 298 g/mol. The minimum absolute atomic E-state index is 0.475. The summed E-state index contributed by atoms with van der Waals surface area (Å²) in [6.45, 7) is 0. The molecule has 0 amide bonds. The molecule has 0 aliphatic carbocycles. The van der Waals surface area contributed by atoms with Gasteiger partial charge in [-0.1, -0.05) is 47.6 Å². The van der Waals surface area contributed by atoms with Crippen LogP contribution in [0.25, 0.3) is 32.8 Å². The van der Waals surface area contributed by atoms with Crippen molar-refractivity contribution >= 4 is 27.4 Å². The maximum Gasteiger partial charge on any atom is 0.119 e. The minimum atomic E-state index is 0.475. The van der Waals surface area contributed by atoms with Gasteiger partial charge < -0.3 is 10.9 Å². The quantitative estimate of drug-likeness (QED) is 0.318. The van der Waals surface area contributed by atoms with Crippen molar-refractivity contribution in [1.82, 2.24) is 4.98 Å². The number of anilines is 1. The first-order chi connectivity index (χ1) is 11.8. The lowest BCUT2D eigenvalue weighted by Crippen LogP contribution is -2.03. The molecule has 0 spiro atoms. The highest BCUT2D eigenvalue weighted by molar-refractivity contribution is 5.94. The average Bonchev–Trinajstić information content (AvgIpc) is 2.78. The number of aromatic nitrogens is 1. The Labute approximate surface area is 138 Å². The first-order valence-electron chi connectivity index (χ1n) is 7.62. The fraction of sp³-hybridized carbons (Fsp3) is 0. The molecule has 0 radical (unpaired) electrons. The van der Waals surface area contributed by atoms with Crippen LogP contribution in [0.15, 0.2) is 78.1 Å². The maximum atomic E-state index is 9.65. The van der Waals surface area contributed by atoms with E-state index in [9.17, 15) is 5.21 Å². The highest BCUT2D eigenvalue weighted by Crippen LogP contribution is 2.22. The summed E-state index contributed by atoms with van der Waals surface area (Å²) >= 11 is 0. The van der Waals surface area contributed by atoms with Gasteiger partial charge in [-0.25, -0.2) is 0 Å². The van der Waals surface area contributed by atoms with E-state index in [-0.39, 0.29) is 0 Å². The van der Waals surface area contributed by atoms with Crippen molar-refractivity contribution in [2.24, 2.45) is 5.16 Å². The summed E-state index contributed by atoms with van der Waals surface area (Å²) < 4.78 is 0. The Balaban J connectivity index is 2.14. The SMILES string of the molecule is Nc1ccc2ccc3ncc(-c4ccccc4)cc3c(=NO)c2c1. The van der Waals surface area contributed by atoms with Crippen molar-refractivity contribution in [3.8, 4) is 11.1 Å². The van der Waals surface area contributed by atoms with E-state index in [1.54, 1.807) is 0 Å². The van der Waals surface area contributed by atoms with Crippen molar-refractivity contribution in [2.45, 2.75) is 0 Å². The molecule has 3 aromatic carbocycles. The van der Waals surface area contributed by atoms with Crippen LogP contribution in [0.4, 0.5) is 5.69 Å². The predicted octanol–water partition coefficient (Wildman–Crippen LogP) is 3.93. The van der Waals surface area contributed by atoms with Gasteiger partial charge in [0.05, 0.1) is 5.52 Å². The topological polar surface area (TPSA) is 71.5 Å². The van der Waals surface area contributed by atoms with Crippen LogP contribution >= 0.6 is 0 Å². The summed E-state index contributed by atoms with van der Waals surface area (Å²) in [5, 5.41) is 16.2. The summed E-state index contributed by atoms with van der Waals surface area (Å²) in [5.41, 5.74) is 9.33. The van der Waals surface area contributed by atoms with Crippen LogP contribution in [-0.2, 0) is 0 Å². The average molecular weight is 313 g/mol. The van der Waals surface area contributed by atoms with Crippen molar-refractivity contribution in [2.75, 3.05) is 5.73 Å². The largest absolute Gasteiger partial charge is 0.410 e. The lowest BCUT2D eigenvalue weighted by Gasteiger charge is -2.02. The molecule has 0 saturated heterocycles. The zero-order valence-electron chi connectivity index (χ0n) is 12.8. The van der Waals surface area contributed by atoms with Gasteiger partial charge in [-0.05, 0) is 35.2 Å². The van der Waals surface area contributed by atoms with E-state index in [1.807, 2.05) is 72.9 Å². The van der Waals surface area contributed by atoms with Crippen LogP contribution in [0.5, 0.6) is 0 Å². The third-order valence-electron chi connectivity index (χ3n) is 4.13. The van der Waals surface area contributed by atoms with E-state index in [0.29, 0.717) is 11.0 Å². The second-order valence-electron chi connectivity index (χ2n) is 5.65. The third kappa shape index (κ3) is 2.34. The fourth-order valence-corrected chi connectivity index (χ4v) is 2.93. The van der Waals surface area contributed by atoms with Crippen molar-refractivity contribution < 1.29 is 5.21 Å². The molecule has 0 bridgehead atoms. The molecule has 0 aliphatic rings. The summed E-state index contributed by atoms with van der Waals surface area (Å²) in [5.74, 6) is 0. The molecule has 0 atom stereocenters. The van der Waals surface area contributed by atoms with Gasteiger partial charge in [-0.15, -0.1) is 0 Å². The van der Waals surface area contributed by atoms with Crippen LogP contribution in [-0.4, -0.2) is 10.2 Å². The molecule has 0 unspecified atom stereocenters. The van der Waals surface area contributed by atoms with E-state index in [0.717, 1.165) is 32.8 Å². The number of pyridine rings is 1. The van der Waals surface area contributed by atoms with Crippen LogP contribution in [0, 0.1) is 0 Å². The Morgan fingerprint density at radius 1 is 0.833 bits per heavy atom. The lowest BCUT2D eigenvalue weighted by molar-refractivity contribution is 0.304. The minimum Gasteiger partial charge on any atom is -0.410 e. The number of rotatable bonds is 1. The van der Waals surface area contributed by atoms with E-state index < -0.39 is 0 Å². The van der Waals surface area contributed by atoms with Gasteiger partial charge in [0.25, 0.3) is 0 Å². The number of fused-ring (bicyclic) bond motifs is 2. The maximum absolute atomic E-state index is 9.65. The molecule has 0 fully saturated rings. The second-order valence-corrected chi connectivity index (χ2v) is 5.65. The monoisotopic (exact) mass is 313 g/mol. The molecule has 4 aromatic rings. The highest BCUT2D eigenvalue weighted by Gasteiger charge is 2.06. The van der Waals surface area contributed by atoms with Gasteiger partial charge in [0.1, 0.15) is 5.36 Å². The Morgan fingerprint density at radius 3 is 2.42 bits per heavy atom. The second kappa shape index (κ2) is 5.66. The fourth-order valence-electron chi connectivity index (χ4n) is 2.93. The summed E-state index contributed by atoms with van der Waals surface area (Å²) in [6, 6.07) is 21.4. The number of benzene rings is 2. The number of nitrogens with two attached hydrogens (primary N) is 1. The molecule has 0 aliphatic heterocycles. The van der Waals surface area contributed by atoms with Gasteiger partial charge in [0.15, 0.2) is 0 Å². The first kappa shape index (κ1) is 14.2. The van der Waals surface area contributed by atoms with Crippen molar-refractivity contribution in [3.05, 3.63) is 78.3 Å². The molecule has 0 saturated carbocycles. The number of hydrogen-bond donors (Lipinski definition) is 2. The Hall–Kier alpha value is -3.40. The summed E-state index contributed by atoms with van der Waals surface area (Å²) in [6.07, 6.45) is 1.83. The van der Waals surface area contributed by atoms with Crippen molar-refractivity contribution in [3.63, 3.8) is 0 Å². The molecule has 4 nitrogen and oxygen atoms in total. The Morgan fingerprint density at radius 2 is 1.62 bits per heavy atom. The zero-order chi connectivity index (χ0) is 16.5. The summed E-state index contributed by atoms with van der Waals surface area (Å²) in [4.78, 5) is 4.55. The van der Waals surface area contributed by atoms with Crippen LogP contribution in [0.1, 0.15) is 0 Å². The lowest BCUT2D eigenvalue weighted by atomic mass is 10.1. The van der Waals surface area contributed by atoms with E-state index >= 15 is 0 Å². The van der Waals surface area contributed by atoms with Gasteiger partial charge in [-0.2, -0.15) is 0 Å². The van der Waals surface area contributed by atoms with Gasteiger partial charge in [-0.3, -0.25) is 4.98 Å².